The molecule has 0 saturated carbocycles. The molecule has 1 aromatic carbocycles. The van der Waals surface area contributed by atoms with Crippen molar-refractivity contribution in [2.45, 2.75) is 19.4 Å². The summed E-state index contributed by atoms with van der Waals surface area (Å²) in [5.41, 5.74) is 0.976. The maximum atomic E-state index is 12.8. The van der Waals surface area contributed by atoms with Crippen molar-refractivity contribution in [3.63, 3.8) is 0 Å². The zero-order valence-corrected chi connectivity index (χ0v) is 11.1. The Balaban J connectivity index is 2.51. The normalized spacial score (nSPS) is 10.9. The van der Waals surface area contributed by atoms with Gasteiger partial charge in [0, 0.05) is 33.4 Å². The number of methoxy groups -OCH3 is 1. The van der Waals surface area contributed by atoms with Crippen molar-refractivity contribution in [1.29, 1.82) is 0 Å². The molecule has 0 radical (unpaired) electrons. The van der Waals surface area contributed by atoms with Crippen LogP contribution in [0.3, 0.4) is 0 Å². The number of halogens is 1. The molecule has 0 saturated heterocycles. The van der Waals surface area contributed by atoms with Crippen LogP contribution in [-0.2, 0) is 16.1 Å². The number of rotatable bonds is 9. The summed E-state index contributed by atoms with van der Waals surface area (Å²) in [5, 5.41) is 8.74. The predicted molar refractivity (Wildman–Crippen MR) is 70.4 cm³/mol. The van der Waals surface area contributed by atoms with Crippen molar-refractivity contribution in [2.75, 3.05) is 26.8 Å². The van der Waals surface area contributed by atoms with Crippen molar-refractivity contribution in [1.82, 2.24) is 4.90 Å². The maximum absolute atomic E-state index is 12.8. The summed E-state index contributed by atoms with van der Waals surface area (Å²) in [6.07, 6.45) is 0.950. The van der Waals surface area contributed by atoms with Crippen molar-refractivity contribution in [2.24, 2.45) is 0 Å². The summed E-state index contributed by atoms with van der Waals surface area (Å²) in [6, 6.07) is 6.28. The number of nitrogens with zero attached hydrogens (tertiary/aromatic N) is 1. The minimum absolute atomic E-state index is 0.105. The molecule has 0 spiro atoms. The standard InChI is InChI=1S/C14H20FNO3/c1-19-10-2-8-16(9-7-14(17)18)11-12-3-5-13(15)6-4-12/h3-6H,2,7-11H2,1H3,(H,17,18). The van der Waals surface area contributed by atoms with Gasteiger partial charge in [-0.3, -0.25) is 9.69 Å². The zero-order valence-electron chi connectivity index (χ0n) is 11.1. The van der Waals surface area contributed by atoms with Gasteiger partial charge in [0.1, 0.15) is 5.82 Å². The number of ether oxygens (including phenoxy) is 1. The second-order valence-electron chi connectivity index (χ2n) is 4.39. The summed E-state index contributed by atoms with van der Waals surface area (Å²) in [5.74, 6) is -1.07. The molecule has 0 bridgehead atoms. The molecule has 1 N–H and O–H groups in total. The average molecular weight is 269 g/mol. The van der Waals surface area contributed by atoms with Gasteiger partial charge < -0.3 is 9.84 Å². The molecule has 0 aliphatic heterocycles. The van der Waals surface area contributed by atoms with E-state index in [4.69, 9.17) is 9.84 Å². The monoisotopic (exact) mass is 269 g/mol. The number of carboxylic acid groups (broad SMARTS) is 1. The number of benzene rings is 1. The second-order valence-corrected chi connectivity index (χ2v) is 4.39. The fourth-order valence-corrected chi connectivity index (χ4v) is 1.80. The minimum Gasteiger partial charge on any atom is -0.481 e. The third-order valence-electron chi connectivity index (χ3n) is 2.78. The molecule has 5 heteroatoms. The fourth-order valence-electron chi connectivity index (χ4n) is 1.80. The van der Waals surface area contributed by atoms with E-state index in [1.165, 1.54) is 12.1 Å². The zero-order chi connectivity index (χ0) is 14.1. The molecule has 0 atom stereocenters. The molecule has 0 aliphatic rings. The molecular weight excluding hydrogens is 249 g/mol. The van der Waals surface area contributed by atoms with E-state index in [1.807, 2.05) is 4.90 Å². The van der Waals surface area contributed by atoms with E-state index in [-0.39, 0.29) is 12.2 Å². The lowest BCUT2D eigenvalue weighted by Crippen LogP contribution is -2.27. The van der Waals surface area contributed by atoms with Gasteiger partial charge in [0.2, 0.25) is 0 Å². The van der Waals surface area contributed by atoms with Gasteiger partial charge in [-0.15, -0.1) is 0 Å². The highest BCUT2D eigenvalue weighted by Crippen LogP contribution is 2.08. The lowest BCUT2D eigenvalue weighted by atomic mass is 10.2. The van der Waals surface area contributed by atoms with Crippen LogP contribution in [0.1, 0.15) is 18.4 Å². The first-order valence-corrected chi connectivity index (χ1v) is 6.29. The average Bonchev–Trinajstić information content (AvgIpc) is 2.38. The predicted octanol–water partition coefficient (Wildman–Crippen LogP) is 2.14. The molecular formula is C14H20FNO3. The van der Waals surface area contributed by atoms with E-state index in [9.17, 15) is 9.18 Å². The van der Waals surface area contributed by atoms with Gasteiger partial charge in [0.05, 0.1) is 6.42 Å². The van der Waals surface area contributed by atoms with Crippen LogP contribution in [0.15, 0.2) is 24.3 Å². The van der Waals surface area contributed by atoms with E-state index in [0.29, 0.717) is 19.7 Å². The Labute approximate surface area is 112 Å². The Kier molecular flexibility index (Phi) is 7.07. The quantitative estimate of drug-likeness (QED) is 0.698. The van der Waals surface area contributed by atoms with Gasteiger partial charge in [-0.05, 0) is 24.1 Å². The molecule has 1 aromatic rings. The molecule has 106 valence electrons. The van der Waals surface area contributed by atoms with Crippen molar-refractivity contribution >= 4 is 5.97 Å². The van der Waals surface area contributed by atoms with Crippen molar-refractivity contribution in [3.05, 3.63) is 35.6 Å². The number of hydrogen-bond donors (Lipinski definition) is 1. The molecule has 1 rings (SSSR count). The van der Waals surface area contributed by atoms with E-state index < -0.39 is 5.97 Å². The smallest absolute Gasteiger partial charge is 0.304 e. The van der Waals surface area contributed by atoms with E-state index in [0.717, 1.165) is 18.5 Å². The van der Waals surface area contributed by atoms with E-state index in [2.05, 4.69) is 0 Å². The Hall–Kier alpha value is -1.46. The number of carboxylic acids is 1. The molecule has 0 amide bonds. The topological polar surface area (TPSA) is 49.8 Å². The molecule has 0 heterocycles. The van der Waals surface area contributed by atoms with Gasteiger partial charge in [0.25, 0.3) is 0 Å². The van der Waals surface area contributed by atoms with E-state index >= 15 is 0 Å². The highest BCUT2D eigenvalue weighted by Gasteiger charge is 2.08. The summed E-state index contributed by atoms with van der Waals surface area (Å²) >= 11 is 0. The molecule has 4 nitrogen and oxygen atoms in total. The highest BCUT2D eigenvalue weighted by atomic mass is 19.1. The summed E-state index contributed by atoms with van der Waals surface area (Å²) < 4.78 is 17.8. The first kappa shape index (κ1) is 15.6. The Morgan fingerprint density at radius 3 is 2.58 bits per heavy atom. The Morgan fingerprint density at radius 1 is 1.32 bits per heavy atom. The molecule has 0 fully saturated rings. The molecule has 0 unspecified atom stereocenters. The lowest BCUT2D eigenvalue weighted by Gasteiger charge is -2.21. The van der Waals surface area contributed by atoms with Crippen molar-refractivity contribution < 1.29 is 19.0 Å². The fraction of sp³-hybridized carbons (Fsp3) is 0.500. The van der Waals surface area contributed by atoms with Crippen LogP contribution in [0.4, 0.5) is 4.39 Å². The van der Waals surface area contributed by atoms with Gasteiger partial charge in [-0.25, -0.2) is 4.39 Å². The van der Waals surface area contributed by atoms with E-state index in [1.54, 1.807) is 19.2 Å². The third kappa shape index (κ3) is 6.88. The van der Waals surface area contributed by atoms with Crippen LogP contribution >= 0.6 is 0 Å². The summed E-state index contributed by atoms with van der Waals surface area (Å²) in [7, 11) is 1.64. The SMILES string of the molecule is COCCCN(CCC(=O)O)Cc1ccc(F)cc1. The van der Waals surface area contributed by atoms with Gasteiger partial charge in [-0.2, -0.15) is 0 Å². The van der Waals surface area contributed by atoms with Crippen LogP contribution in [-0.4, -0.2) is 42.8 Å². The maximum Gasteiger partial charge on any atom is 0.304 e. The Morgan fingerprint density at radius 2 is 2.00 bits per heavy atom. The third-order valence-corrected chi connectivity index (χ3v) is 2.78. The van der Waals surface area contributed by atoms with Crippen LogP contribution in [0.2, 0.25) is 0 Å². The largest absolute Gasteiger partial charge is 0.481 e. The first-order chi connectivity index (χ1) is 9.11. The lowest BCUT2D eigenvalue weighted by molar-refractivity contribution is -0.137. The number of aliphatic carboxylic acids is 1. The minimum atomic E-state index is -0.809. The Bertz CT molecular complexity index is 381. The van der Waals surface area contributed by atoms with Gasteiger partial charge >= 0.3 is 5.97 Å². The van der Waals surface area contributed by atoms with Gasteiger partial charge in [0.15, 0.2) is 0 Å². The summed E-state index contributed by atoms with van der Waals surface area (Å²) in [4.78, 5) is 12.7. The van der Waals surface area contributed by atoms with Crippen LogP contribution in [0.25, 0.3) is 0 Å². The molecule has 19 heavy (non-hydrogen) atoms. The first-order valence-electron chi connectivity index (χ1n) is 6.29. The highest BCUT2D eigenvalue weighted by molar-refractivity contribution is 5.66. The number of hydrogen-bond acceptors (Lipinski definition) is 3. The van der Waals surface area contributed by atoms with Crippen molar-refractivity contribution in [3.8, 4) is 0 Å². The second kappa shape index (κ2) is 8.61. The molecule has 0 aromatic heterocycles. The molecule has 0 aliphatic carbocycles. The van der Waals surface area contributed by atoms with Crippen LogP contribution < -0.4 is 0 Å². The van der Waals surface area contributed by atoms with Crippen LogP contribution in [0.5, 0.6) is 0 Å². The number of carbonyl (C=O) groups is 1. The van der Waals surface area contributed by atoms with Crippen LogP contribution in [0, 0.1) is 5.82 Å². The van der Waals surface area contributed by atoms with Gasteiger partial charge in [-0.1, -0.05) is 12.1 Å². The summed E-state index contributed by atoms with van der Waals surface area (Å²) in [6.45, 7) is 2.51.